The van der Waals surface area contributed by atoms with E-state index in [1.54, 1.807) is 30.3 Å². The van der Waals surface area contributed by atoms with Crippen LogP contribution in [0.3, 0.4) is 0 Å². The number of phenolic OH excluding ortho intramolecular Hbond substituents is 1. The van der Waals surface area contributed by atoms with E-state index in [2.05, 4.69) is 5.32 Å². The first-order valence-electron chi connectivity index (χ1n) is 8.02. The van der Waals surface area contributed by atoms with Gasteiger partial charge in [0.25, 0.3) is 5.91 Å². The monoisotopic (exact) mass is 418 g/mol. The lowest BCUT2D eigenvalue weighted by Gasteiger charge is -2.14. The molecule has 0 atom stereocenters. The van der Waals surface area contributed by atoms with Crippen molar-refractivity contribution < 1.29 is 14.7 Å². The van der Waals surface area contributed by atoms with E-state index < -0.39 is 0 Å². The lowest BCUT2D eigenvalue weighted by molar-refractivity contribution is -0.122. The van der Waals surface area contributed by atoms with Gasteiger partial charge >= 0.3 is 0 Å². The van der Waals surface area contributed by atoms with Gasteiger partial charge in [-0.1, -0.05) is 53.8 Å². The summed E-state index contributed by atoms with van der Waals surface area (Å²) in [5.41, 5.74) is 1.34. The summed E-state index contributed by atoms with van der Waals surface area (Å²) in [6.07, 6.45) is 1.85. The summed E-state index contributed by atoms with van der Waals surface area (Å²) in [5.74, 6) is -0.418. The highest BCUT2D eigenvalue weighted by atomic mass is 35.5. The molecule has 2 aromatic rings. The van der Waals surface area contributed by atoms with Gasteiger partial charge in [-0.05, 0) is 35.9 Å². The molecule has 0 bridgehead atoms. The Labute approximate surface area is 171 Å². The van der Waals surface area contributed by atoms with Crippen molar-refractivity contribution in [2.75, 3.05) is 11.9 Å². The molecule has 138 valence electrons. The SMILES string of the molecule is O=C(CCN1C(=O)C(=Cc2ccc(Cl)cc2)SC1=S)Nc1cccc(O)c1. The Morgan fingerprint density at radius 1 is 1.26 bits per heavy atom. The van der Waals surface area contributed by atoms with E-state index in [0.29, 0.717) is 19.9 Å². The minimum Gasteiger partial charge on any atom is -0.508 e. The van der Waals surface area contributed by atoms with Crippen LogP contribution < -0.4 is 5.32 Å². The molecule has 2 aromatic carbocycles. The smallest absolute Gasteiger partial charge is 0.266 e. The fourth-order valence-corrected chi connectivity index (χ4v) is 3.86. The summed E-state index contributed by atoms with van der Waals surface area (Å²) in [5, 5.41) is 12.7. The Bertz CT molecular complexity index is 929. The molecule has 1 fully saturated rings. The molecule has 0 unspecified atom stereocenters. The number of hydrogen-bond acceptors (Lipinski definition) is 5. The first-order chi connectivity index (χ1) is 12.9. The van der Waals surface area contributed by atoms with E-state index in [1.807, 2.05) is 12.1 Å². The molecule has 8 heteroatoms. The molecule has 1 heterocycles. The van der Waals surface area contributed by atoms with Crippen LogP contribution in [0, 0.1) is 0 Å². The molecule has 0 spiro atoms. The zero-order chi connectivity index (χ0) is 19.4. The number of hydrogen-bond donors (Lipinski definition) is 2. The van der Waals surface area contributed by atoms with Crippen LogP contribution in [0.4, 0.5) is 5.69 Å². The number of carbonyl (C=O) groups is 2. The zero-order valence-corrected chi connectivity index (χ0v) is 16.4. The van der Waals surface area contributed by atoms with Crippen LogP contribution in [0.1, 0.15) is 12.0 Å². The van der Waals surface area contributed by atoms with Crippen molar-refractivity contribution in [3.05, 3.63) is 64.0 Å². The highest BCUT2D eigenvalue weighted by Crippen LogP contribution is 2.32. The van der Waals surface area contributed by atoms with Crippen LogP contribution in [-0.4, -0.2) is 32.7 Å². The van der Waals surface area contributed by atoms with E-state index in [9.17, 15) is 14.7 Å². The van der Waals surface area contributed by atoms with Gasteiger partial charge in [0.2, 0.25) is 5.91 Å². The largest absolute Gasteiger partial charge is 0.508 e. The molecule has 2 N–H and O–H groups in total. The fraction of sp³-hybridized carbons (Fsp3) is 0.105. The fourth-order valence-electron chi connectivity index (χ4n) is 2.42. The standard InChI is InChI=1S/C19H15ClN2O3S2/c20-13-6-4-12(5-7-13)10-16-18(25)22(19(26)27-16)9-8-17(24)21-14-2-1-3-15(23)11-14/h1-7,10-11,23H,8-9H2,(H,21,24). The second-order valence-corrected chi connectivity index (χ2v) is 7.85. The maximum Gasteiger partial charge on any atom is 0.266 e. The topological polar surface area (TPSA) is 69.6 Å². The van der Waals surface area contributed by atoms with Gasteiger partial charge in [-0.3, -0.25) is 14.5 Å². The molecule has 2 amide bonds. The molecule has 0 aliphatic carbocycles. The number of nitrogens with one attached hydrogen (secondary N) is 1. The molecule has 1 aliphatic rings. The van der Waals surface area contributed by atoms with Crippen molar-refractivity contribution in [3.63, 3.8) is 0 Å². The van der Waals surface area contributed by atoms with Crippen LogP contribution in [0.25, 0.3) is 6.08 Å². The van der Waals surface area contributed by atoms with Gasteiger partial charge in [0.05, 0.1) is 4.91 Å². The Morgan fingerprint density at radius 3 is 2.70 bits per heavy atom. The molecule has 1 saturated heterocycles. The van der Waals surface area contributed by atoms with Crippen LogP contribution in [0.5, 0.6) is 5.75 Å². The van der Waals surface area contributed by atoms with E-state index in [4.69, 9.17) is 23.8 Å². The number of carbonyl (C=O) groups excluding carboxylic acids is 2. The zero-order valence-electron chi connectivity index (χ0n) is 14.0. The van der Waals surface area contributed by atoms with Crippen molar-refractivity contribution in [1.82, 2.24) is 4.90 Å². The molecule has 5 nitrogen and oxygen atoms in total. The van der Waals surface area contributed by atoms with Crippen molar-refractivity contribution >= 4 is 63.5 Å². The molecule has 1 aliphatic heterocycles. The van der Waals surface area contributed by atoms with Gasteiger partial charge < -0.3 is 10.4 Å². The average molecular weight is 419 g/mol. The lowest BCUT2D eigenvalue weighted by Crippen LogP contribution is -2.31. The van der Waals surface area contributed by atoms with Crippen molar-refractivity contribution in [2.24, 2.45) is 0 Å². The second-order valence-electron chi connectivity index (χ2n) is 5.73. The number of thioether (sulfide) groups is 1. The number of nitrogens with zero attached hydrogens (tertiary/aromatic N) is 1. The average Bonchev–Trinajstić information content (AvgIpc) is 2.88. The molecule has 0 radical (unpaired) electrons. The second kappa shape index (κ2) is 8.56. The minimum absolute atomic E-state index is 0.0667. The predicted molar refractivity (Wildman–Crippen MR) is 113 cm³/mol. The van der Waals surface area contributed by atoms with Crippen LogP contribution >= 0.6 is 35.6 Å². The van der Waals surface area contributed by atoms with Crippen molar-refractivity contribution in [3.8, 4) is 5.75 Å². The van der Waals surface area contributed by atoms with E-state index in [-0.39, 0.29) is 30.5 Å². The number of aromatic hydroxyl groups is 1. The summed E-state index contributed by atoms with van der Waals surface area (Å²) in [6.45, 7) is 0.188. The van der Waals surface area contributed by atoms with E-state index in [0.717, 1.165) is 5.56 Å². The van der Waals surface area contributed by atoms with Crippen molar-refractivity contribution in [1.29, 1.82) is 0 Å². The number of amides is 2. The minimum atomic E-state index is -0.267. The molecular weight excluding hydrogens is 404 g/mol. The first-order valence-corrected chi connectivity index (χ1v) is 9.62. The van der Waals surface area contributed by atoms with Gasteiger partial charge in [-0.25, -0.2) is 0 Å². The Kier molecular flexibility index (Phi) is 6.15. The summed E-state index contributed by atoms with van der Waals surface area (Å²) in [7, 11) is 0. The van der Waals surface area contributed by atoms with Crippen LogP contribution in [0.15, 0.2) is 53.4 Å². The number of thiocarbonyl (C=S) groups is 1. The van der Waals surface area contributed by atoms with Gasteiger partial charge in [0, 0.05) is 29.7 Å². The van der Waals surface area contributed by atoms with E-state index in [1.165, 1.54) is 28.8 Å². The quantitative estimate of drug-likeness (QED) is 0.560. The van der Waals surface area contributed by atoms with Gasteiger partial charge in [-0.15, -0.1) is 0 Å². The van der Waals surface area contributed by atoms with Gasteiger partial charge in [-0.2, -0.15) is 0 Å². The van der Waals surface area contributed by atoms with Gasteiger partial charge in [0.15, 0.2) is 0 Å². The number of benzene rings is 2. The number of rotatable bonds is 5. The molecule has 0 saturated carbocycles. The Morgan fingerprint density at radius 2 is 2.00 bits per heavy atom. The summed E-state index contributed by atoms with van der Waals surface area (Å²) < 4.78 is 0.422. The van der Waals surface area contributed by atoms with Crippen molar-refractivity contribution in [2.45, 2.75) is 6.42 Å². The normalized spacial score (nSPS) is 15.4. The van der Waals surface area contributed by atoms with Crippen LogP contribution in [-0.2, 0) is 9.59 Å². The van der Waals surface area contributed by atoms with E-state index >= 15 is 0 Å². The predicted octanol–water partition coefficient (Wildman–Crippen LogP) is 4.28. The highest BCUT2D eigenvalue weighted by molar-refractivity contribution is 8.26. The third-order valence-corrected chi connectivity index (χ3v) is 5.36. The highest BCUT2D eigenvalue weighted by Gasteiger charge is 2.32. The molecule has 0 aromatic heterocycles. The Balaban J connectivity index is 1.60. The van der Waals surface area contributed by atoms with Crippen LogP contribution in [0.2, 0.25) is 5.02 Å². The number of anilines is 1. The molecule has 27 heavy (non-hydrogen) atoms. The lowest BCUT2D eigenvalue weighted by atomic mass is 10.2. The molecular formula is C19H15ClN2O3S2. The number of halogens is 1. The maximum atomic E-state index is 12.6. The molecule has 3 rings (SSSR count). The third-order valence-electron chi connectivity index (χ3n) is 3.73. The summed E-state index contributed by atoms with van der Waals surface area (Å²) in [6, 6.07) is 13.4. The third kappa shape index (κ3) is 5.09. The Hall–Kier alpha value is -2.35. The van der Waals surface area contributed by atoms with Gasteiger partial charge in [0.1, 0.15) is 10.1 Å². The summed E-state index contributed by atoms with van der Waals surface area (Å²) in [4.78, 5) is 26.6. The number of phenols is 1. The summed E-state index contributed by atoms with van der Waals surface area (Å²) >= 11 is 12.3. The first kappa shape index (κ1) is 19.4. The maximum absolute atomic E-state index is 12.6.